The molecule has 0 spiro atoms. The molecule has 2 aromatic heterocycles. The number of aromatic nitrogens is 2. The molecule has 0 bridgehead atoms. The van der Waals surface area contributed by atoms with Gasteiger partial charge >= 0.3 is 5.97 Å². The lowest BCUT2D eigenvalue weighted by atomic mass is 9.94. The Morgan fingerprint density at radius 2 is 1.90 bits per heavy atom. The Morgan fingerprint density at radius 3 is 2.55 bits per heavy atom. The highest BCUT2D eigenvalue weighted by Gasteiger charge is 2.27. The number of fused-ring (bicyclic) bond motifs is 3. The zero-order valence-electron chi connectivity index (χ0n) is 12.0. The average molecular weight is 290 g/mol. The number of carbonyl (C=O) groups is 1. The maximum absolute atomic E-state index is 11.6. The van der Waals surface area contributed by atoms with Gasteiger partial charge in [-0.2, -0.15) is 0 Å². The summed E-state index contributed by atoms with van der Waals surface area (Å²) >= 11 is 1.65. The summed E-state index contributed by atoms with van der Waals surface area (Å²) in [6.07, 6.45) is 4.30. The van der Waals surface area contributed by atoms with Crippen molar-refractivity contribution in [1.29, 1.82) is 0 Å². The first-order valence-electron chi connectivity index (χ1n) is 6.94. The number of hydrogen-bond donors (Lipinski definition) is 1. The van der Waals surface area contributed by atoms with Gasteiger partial charge in [0.15, 0.2) is 5.69 Å². The minimum Gasteiger partial charge on any atom is -0.476 e. The molecule has 2 aromatic rings. The number of thiophene rings is 1. The summed E-state index contributed by atoms with van der Waals surface area (Å²) in [5.74, 6) is -0.338. The van der Waals surface area contributed by atoms with Gasteiger partial charge in [-0.1, -0.05) is 20.8 Å². The lowest BCUT2D eigenvalue weighted by molar-refractivity contribution is 0.0692. The second kappa shape index (κ2) is 4.52. The van der Waals surface area contributed by atoms with Gasteiger partial charge < -0.3 is 5.11 Å². The summed E-state index contributed by atoms with van der Waals surface area (Å²) in [5.41, 5.74) is 1.11. The topological polar surface area (TPSA) is 63.1 Å². The van der Waals surface area contributed by atoms with Crippen molar-refractivity contribution in [2.75, 3.05) is 0 Å². The van der Waals surface area contributed by atoms with Gasteiger partial charge in [0.2, 0.25) is 0 Å². The van der Waals surface area contributed by atoms with Crippen molar-refractivity contribution < 1.29 is 9.90 Å². The molecule has 0 unspecified atom stereocenters. The fourth-order valence-electron chi connectivity index (χ4n) is 2.65. The Kier molecular flexibility index (Phi) is 3.05. The van der Waals surface area contributed by atoms with Crippen molar-refractivity contribution in [2.24, 2.45) is 0 Å². The number of carboxylic acids is 1. The number of nitrogens with zero attached hydrogens (tertiary/aromatic N) is 2. The quantitative estimate of drug-likeness (QED) is 0.872. The molecule has 0 aliphatic heterocycles. The van der Waals surface area contributed by atoms with Crippen LogP contribution < -0.4 is 0 Å². The molecule has 0 saturated carbocycles. The Labute approximate surface area is 121 Å². The van der Waals surface area contributed by atoms with Crippen LogP contribution in [0, 0.1) is 0 Å². The predicted molar refractivity (Wildman–Crippen MR) is 79.7 cm³/mol. The van der Waals surface area contributed by atoms with Crippen LogP contribution in [0.2, 0.25) is 0 Å². The third-order valence-electron chi connectivity index (χ3n) is 3.69. The van der Waals surface area contributed by atoms with Crippen molar-refractivity contribution in [3.05, 3.63) is 22.0 Å². The van der Waals surface area contributed by atoms with Gasteiger partial charge in [-0.25, -0.2) is 14.8 Å². The number of rotatable bonds is 1. The van der Waals surface area contributed by atoms with E-state index in [4.69, 9.17) is 0 Å². The third-order valence-corrected chi connectivity index (χ3v) is 4.87. The SMILES string of the molecule is CC(C)(C)c1nc(C(=O)O)c2c3c(sc2n1)CCCC3. The summed E-state index contributed by atoms with van der Waals surface area (Å²) in [4.78, 5) is 22.7. The van der Waals surface area contributed by atoms with E-state index in [9.17, 15) is 9.90 Å². The third kappa shape index (κ3) is 2.10. The number of hydrogen-bond acceptors (Lipinski definition) is 4. The van der Waals surface area contributed by atoms with Gasteiger partial charge in [-0.15, -0.1) is 11.3 Å². The van der Waals surface area contributed by atoms with Crippen LogP contribution in [0.15, 0.2) is 0 Å². The van der Waals surface area contributed by atoms with Crippen molar-refractivity contribution in [3.8, 4) is 0 Å². The Morgan fingerprint density at radius 1 is 1.20 bits per heavy atom. The molecule has 0 aromatic carbocycles. The molecule has 1 N–H and O–H groups in total. The van der Waals surface area contributed by atoms with Gasteiger partial charge in [0.1, 0.15) is 10.7 Å². The van der Waals surface area contributed by atoms with Crippen LogP contribution in [0.1, 0.15) is 60.4 Å². The number of aromatic carboxylic acids is 1. The molecule has 3 rings (SSSR count). The van der Waals surface area contributed by atoms with E-state index in [1.807, 2.05) is 20.8 Å². The predicted octanol–water partition coefficient (Wildman–Crippen LogP) is 3.57. The maximum Gasteiger partial charge on any atom is 0.355 e. The monoisotopic (exact) mass is 290 g/mol. The molecule has 4 nitrogen and oxygen atoms in total. The molecular formula is C15H18N2O2S. The van der Waals surface area contributed by atoms with E-state index < -0.39 is 5.97 Å². The van der Waals surface area contributed by atoms with Crippen molar-refractivity contribution >= 4 is 27.5 Å². The molecule has 106 valence electrons. The molecule has 2 heterocycles. The van der Waals surface area contributed by atoms with Gasteiger partial charge in [0.25, 0.3) is 0 Å². The van der Waals surface area contributed by atoms with Crippen LogP contribution in [0.5, 0.6) is 0 Å². The fourth-order valence-corrected chi connectivity index (χ4v) is 3.91. The second-order valence-electron chi connectivity index (χ2n) is 6.34. The van der Waals surface area contributed by atoms with Crippen molar-refractivity contribution in [1.82, 2.24) is 9.97 Å². The first-order chi connectivity index (χ1) is 9.38. The highest BCUT2D eigenvalue weighted by molar-refractivity contribution is 7.18. The van der Waals surface area contributed by atoms with Gasteiger partial charge in [-0.3, -0.25) is 0 Å². The lowest BCUT2D eigenvalue weighted by Crippen LogP contribution is -2.18. The normalized spacial score (nSPS) is 15.3. The lowest BCUT2D eigenvalue weighted by Gasteiger charge is -2.17. The Hall–Kier alpha value is -1.49. The van der Waals surface area contributed by atoms with Gasteiger partial charge in [0, 0.05) is 15.7 Å². The zero-order valence-corrected chi connectivity index (χ0v) is 12.8. The zero-order chi connectivity index (χ0) is 14.5. The molecule has 20 heavy (non-hydrogen) atoms. The molecule has 0 radical (unpaired) electrons. The van der Waals surface area contributed by atoms with Crippen LogP contribution in [0.4, 0.5) is 0 Å². The minimum absolute atomic E-state index is 0.180. The average Bonchev–Trinajstić information content (AvgIpc) is 2.74. The van der Waals surface area contributed by atoms with E-state index in [0.717, 1.165) is 29.5 Å². The van der Waals surface area contributed by atoms with E-state index in [2.05, 4.69) is 9.97 Å². The Balaban J connectivity index is 2.34. The fraction of sp³-hybridized carbons (Fsp3) is 0.533. The summed E-state index contributed by atoms with van der Waals surface area (Å²) in [6, 6.07) is 0. The van der Waals surface area contributed by atoms with Crippen molar-refractivity contribution in [2.45, 2.75) is 51.9 Å². The second-order valence-corrected chi connectivity index (χ2v) is 7.43. The van der Waals surface area contributed by atoms with Gasteiger partial charge in [-0.05, 0) is 31.2 Å². The molecule has 5 heteroatoms. The maximum atomic E-state index is 11.6. The van der Waals surface area contributed by atoms with Crippen LogP contribution >= 0.6 is 11.3 Å². The molecular weight excluding hydrogens is 272 g/mol. The number of aryl methyl sites for hydroxylation is 2. The molecule has 1 aliphatic carbocycles. The summed E-state index contributed by atoms with van der Waals surface area (Å²) < 4.78 is 0. The Bertz CT molecular complexity index is 698. The smallest absolute Gasteiger partial charge is 0.355 e. The number of carboxylic acid groups (broad SMARTS) is 1. The van der Waals surface area contributed by atoms with E-state index in [1.54, 1.807) is 11.3 Å². The van der Waals surface area contributed by atoms with E-state index >= 15 is 0 Å². The molecule has 0 fully saturated rings. The molecule has 0 saturated heterocycles. The largest absolute Gasteiger partial charge is 0.476 e. The van der Waals surface area contributed by atoms with Gasteiger partial charge in [0.05, 0.1) is 0 Å². The highest BCUT2D eigenvalue weighted by atomic mass is 32.1. The van der Waals surface area contributed by atoms with Crippen LogP contribution in [-0.2, 0) is 18.3 Å². The summed E-state index contributed by atoms with van der Waals surface area (Å²) in [5, 5.41) is 10.3. The van der Waals surface area contributed by atoms with Crippen LogP contribution in [-0.4, -0.2) is 21.0 Å². The minimum atomic E-state index is -0.950. The van der Waals surface area contributed by atoms with E-state index in [1.165, 1.54) is 16.9 Å². The highest BCUT2D eigenvalue weighted by Crippen LogP contribution is 2.37. The standard InChI is InChI=1S/C15H18N2O2S/c1-15(2,3)14-16-11(13(18)19)10-8-6-4-5-7-9(8)20-12(10)17-14/h4-7H2,1-3H3,(H,18,19). The summed E-state index contributed by atoms with van der Waals surface area (Å²) in [7, 11) is 0. The van der Waals surface area contributed by atoms with Crippen LogP contribution in [0.3, 0.4) is 0 Å². The van der Waals surface area contributed by atoms with E-state index in [-0.39, 0.29) is 11.1 Å². The first kappa shape index (κ1) is 13.5. The molecule has 0 atom stereocenters. The summed E-state index contributed by atoms with van der Waals surface area (Å²) in [6.45, 7) is 6.02. The van der Waals surface area contributed by atoms with E-state index in [0.29, 0.717) is 5.82 Å². The van der Waals surface area contributed by atoms with Crippen LogP contribution in [0.25, 0.3) is 10.2 Å². The first-order valence-corrected chi connectivity index (χ1v) is 7.75. The molecule has 0 amide bonds. The molecule has 1 aliphatic rings. The van der Waals surface area contributed by atoms with Crippen molar-refractivity contribution in [3.63, 3.8) is 0 Å².